The molecule has 8 heteroatoms. The van der Waals surface area contributed by atoms with Crippen molar-refractivity contribution >= 4 is 62.5 Å². The highest BCUT2D eigenvalue weighted by Gasteiger charge is 2.11. The lowest BCUT2D eigenvalue weighted by Gasteiger charge is -2.06. The summed E-state index contributed by atoms with van der Waals surface area (Å²) in [5.41, 5.74) is 3.26. The van der Waals surface area contributed by atoms with Crippen molar-refractivity contribution in [3.63, 3.8) is 0 Å². The third-order valence-corrected chi connectivity index (χ3v) is 6.87. The van der Waals surface area contributed by atoms with Crippen molar-refractivity contribution in [2.24, 2.45) is 0 Å². The molecule has 0 spiro atoms. The molecule has 2 N–H and O–H groups in total. The fourth-order valence-electron chi connectivity index (χ4n) is 2.78. The third-order valence-electron chi connectivity index (χ3n) is 4.31. The Balaban J connectivity index is 1.45. The van der Waals surface area contributed by atoms with Gasteiger partial charge in [-0.15, -0.1) is 11.3 Å². The van der Waals surface area contributed by atoms with Gasteiger partial charge in [-0.05, 0) is 48.0 Å². The summed E-state index contributed by atoms with van der Waals surface area (Å²) in [5, 5.41) is 12.3. The van der Waals surface area contributed by atoms with Crippen LogP contribution in [0.3, 0.4) is 0 Å². The maximum atomic E-state index is 12.5. The fourth-order valence-corrected chi connectivity index (χ4v) is 5.06. The second-order valence-electron chi connectivity index (χ2n) is 6.39. The first kappa shape index (κ1) is 20.4. The molecule has 5 nitrogen and oxygen atoms in total. The van der Waals surface area contributed by atoms with Gasteiger partial charge >= 0.3 is 5.97 Å². The summed E-state index contributed by atoms with van der Waals surface area (Å²) in [4.78, 5) is 28.0. The van der Waals surface area contributed by atoms with Crippen LogP contribution in [0.15, 0.2) is 71.1 Å². The smallest absolute Gasteiger partial charge is 0.335 e. The van der Waals surface area contributed by atoms with Crippen molar-refractivity contribution < 1.29 is 14.7 Å². The number of carboxylic acids is 1. The van der Waals surface area contributed by atoms with Crippen LogP contribution in [0.4, 0.5) is 5.69 Å². The minimum absolute atomic E-state index is 0.260. The number of thiazole rings is 1. The summed E-state index contributed by atoms with van der Waals surface area (Å²) in [5.74, 6) is -0.503. The Morgan fingerprint density at radius 2 is 1.83 bits per heavy atom. The molecule has 0 aliphatic heterocycles. The van der Waals surface area contributed by atoms with E-state index in [9.17, 15) is 9.59 Å². The summed E-state index contributed by atoms with van der Waals surface area (Å²) in [6.45, 7) is 0. The molecule has 3 aromatic carbocycles. The van der Waals surface area contributed by atoms with Crippen LogP contribution in [0.2, 0.25) is 5.02 Å². The van der Waals surface area contributed by atoms with E-state index in [2.05, 4.69) is 10.3 Å². The highest BCUT2D eigenvalue weighted by atomic mass is 35.5. The zero-order valence-electron chi connectivity index (χ0n) is 15.5. The first-order chi connectivity index (χ1) is 14.5. The molecule has 0 aliphatic rings. The van der Waals surface area contributed by atoms with E-state index in [-0.39, 0.29) is 11.5 Å². The van der Waals surface area contributed by atoms with E-state index in [0.717, 1.165) is 20.1 Å². The molecule has 4 aromatic rings. The highest BCUT2D eigenvalue weighted by molar-refractivity contribution is 8.00. The molecule has 0 radical (unpaired) electrons. The quantitative estimate of drug-likeness (QED) is 0.339. The van der Waals surface area contributed by atoms with E-state index >= 15 is 0 Å². The van der Waals surface area contributed by atoms with E-state index in [1.807, 2.05) is 30.3 Å². The third kappa shape index (κ3) is 4.64. The lowest BCUT2D eigenvalue weighted by Crippen LogP contribution is -2.12. The Labute approximate surface area is 185 Å². The van der Waals surface area contributed by atoms with Crippen LogP contribution in [-0.2, 0) is 5.75 Å². The number of rotatable bonds is 6. The Kier molecular flexibility index (Phi) is 6.03. The normalized spacial score (nSPS) is 10.8. The number of carbonyl (C=O) groups excluding carboxylic acids is 1. The maximum Gasteiger partial charge on any atom is 0.335 e. The number of aromatic nitrogens is 1. The zero-order chi connectivity index (χ0) is 21.1. The van der Waals surface area contributed by atoms with Gasteiger partial charge in [0.1, 0.15) is 0 Å². The van der Waals surface area contributed by atoms with Gasteiger partial charge < -0.3 is 10.4 Å². The number of hydrogen-bond acceptors (Lipinski definition) is 5. The second kappa shape index (κ2) is 8.87. The molecular weight excluding hydrogens is 440 g/mol. The van der Waals surface area contributed by atoms with Crippen LogP contribution in [0, 0.1) is 0 Å². The summed E-state index contributed by atoms with van der Waals surface area (Å²) in [7, 11) is 0. The van der Waals surface area contributed by atoms with E-state index < -0.39 is 5.97 Å². The Morgan fingerprint density at radius 1 is 1.07 bits per heavy atom. The van der Waals surface area contributed by atoms with Crippen molar-refractivity contribution in [3.05, 3.63) is 88.4 Å². The Hall–Kier alpha value is -2.87. The van der Waals surface area contributed by atoms with Gasteiger partial charge in [-0.1, -0.05) is 47.6 Å². The van der Waals surface area contributed by atoms with Gasteiger partial charge in [-0.25, -0.2) is 9.78 Å². The van der Waals surface area contributed by atoms with E-state index in [1.54, 1.807) is 59.5 Å². The lowest BCUT2D eigenvalue weighted by molar-refractivity contribution is 0.0696. The number of thioether (sulfide) groups is 1. The molecule has 150 valence electrons. The van der Waals surface area contributed by atoms with Crippen LogP contribution in [0.5, 0.6) is 0 Å². The molecule has 0 atom stereocenters. The molecule has 4 rings (SSSR count). The maximum absolute atomic E-state index is 12.5. The molecule has 0 aliphatic carbocycles. The average molecular weight is 455 g/mol. The summed E-state index contributed by atoms with van der Waals surface area (Å²) in [6, 6.07) is 19.3. The lowest BCUT2D eigenvalue weighted by atomic mass is 10.1. The number of benzene rings is 3. The largest absolute Gasteiger partial charge is 0.478 e. The summed E-state index contributed by atoms with van der Waals surface area (Å²) < 4.78 is 1.87. The van der Waals surface area contributed by atoms with Crippen molar-refractivity contribution in [1.29, 1.82) is 0 Å². The van der Waals surface area contributed by atoms with Crippen molar-refractivity contribution in [3.8, 4) is 0 Å². The van der Waals surface area contributed by atoms with Gasteiger partial charge in [0.2, 0.25) is 0 Å². The van der Waals surface area contributed by atoms with Crippen LogP contribution < -0.4 is 5.32 Å². The van der Waals surface area contributed by atoms with Gasteiger partial charge in [-0.3, -0.25) is 4.79 Å². The molecule has 1 heterocycles. The van der Waals surface area contributed by atoms with Gasteiger partial charge in [0.15, 0.2) is 4.34 Å². The number of halogens is 1. The minimum atomic E-state index is -0.933. The van der Waals surface area contributed by atoms with Crippen molar-refractivity contribution in [1.82, 2.24) is 4.98 Å². The van der Waals surface area contributed by atoms with Gasteiger partial charge in [0, 0.05) is 11.4 Å². The predicted octanol–water partition coefficient (Wildman–Crippen LogP) is 6.19. The monoisotopic (exact) mass is 454 g/mol. The molecule has 0 saturated heterocycles. The summed E-state index contributed by atoms with van der Waals surface area (Å²) in [6.07, 6.45) is 0. The summed E-state index contributed by atoms with van der Waals surface area (Å²) >= 11 is 9.22. The molecule has 1 aromatic heterocycles. The van der Waals surface area contributed by atoms with Crippen LogP contribution in [0.25, 0.3) is 10.2 Å². The molecule has 0 bridgehead atoms. The number of nitrogens with zero attached hydrogens (tertiary/aromatic N) is 1. The average Bonchev–Trinajstić information content (AvgIpc) is 3.15. The van der Waals surface area contributed by atoms with Crippen LogP contribution in [0.1, 0.15) is 26.3 Å². The van der Waals surface area contributed by atoms with Crippen molar-refractivity contribution in [2.75, 3.05) is 5.32 Å². The number of nitrogens with one attached hydrogen (secondary N) is 1. The molecule has 30 heavy (non-hydrogen) atoms. The second-order valence-corrected chi connectivity index (χ2v) is 9.05. The first-order valence-corrected chi connectivity index (χ1v) is 11.1. The van der Waals surface area contributed by atoms with Gasteiger partial charge in [-0.2, -0.15) is 0 Å². The number of aromatic carboxylic acids is 1. The highest BCUT2D eigenvalue weighted by Crippen LogP contribution is 2.33. The number of carbonyl (C=O) groups is 2. The SMILES string of the molecule is O=C(O)c1ccc(CSc2nc3ccc(NC(=O)c4ccccc4Cl)cc3s2)cc1. The predicted molar refractivity (Wildman–Crippen MR) is 122 cm³/mol. The van der Waals surface area contributed by atoms with Gasteiger partial charge in [0.05, 0.1) is 26.4 Å². The van der Waals surface area contributed by atoms with Crippen molar-refractivity contribution in [2.45, 2.75) is 10.1 Å². The number of hydrogen-bond donors (Lipinski definition) is 2. The Bertz CT molecular complexity index is 1240. The zero-order valence-corrected chi connectivity index (χ0v) is 17.9. The fraction of sp³-hybridized carbons (Fsp3) is 0.0455. The number of fused-ring (bicyclic) bond motifs is 1. The minimum Gasteiger partial charge on any atom is -0.478 e. The van der Waals surface area contributed by atoms with E-state index in [4.69, 9.17) is 16.7 Å². The molecular formula is C22H15ClN2O3S2. The molecule has 0 unspecified atom stereocenters. The number of anilines is 1. The number of amides is 1. The standard InChI is InChI=1S/C22H15ClN2O3S2/c23-17-4-2-1-3-16(17)20(26)24-15-9-10-18-19(11-15)30-22(25-18)29-12-13-5-7-14(8-6-13)21(27)28/h1-11H,12H2,(H,24,26)(H,27,28). The molecule has 0 fully saturated rings. The molecule has 1 amide bonds. The van der Waals surface area contributed by atoms with E-state index in [0.29, 0.717) is 22.0 Å². The van der Waals surface area contributed by atoms with Gasteiger partial charge in [0.25, 0.3) is 5.91 Å². The Morgan fingerprint density at radius 3 is 2.57 bits per heavy atom. The number of carboxylic acid groups (broad SMARTS) is 1. The van der Waals surface area contributed by atoms with Crippen LogP contribution >= 0.6 is 34.7 Å². The van der Waals surface area contributed by atoms with E-state index in [1.165, 1.54) is 0 Å². The topological polar surface area (TPSA) is 79.3 Å². The van der Waals surface area contributed by atoms with Crippen LogP contribution in [-0.4, -0.2) is 22.0 Å². The first-order valence-electron chi connectivity index (χ1n) is 8.91. The molecule has 0 saturated carbocycles.